The Bertz CT molecular complexity index is 1350. The molecular formula is C32H38N2O2S. The first-order valence-corrected chi connectivity index (χ1v) is 14.6. The number of fused-ring (bicyclic) bond motifs is 1. The fourth-order valence-electron chi connectivity index (χ4n) is 6.02. The molecule has 1 aliphatic carbocycles. The van der Waals surface area contributed by atoms with Crippen LogP contribution in [0.15, 0.2) is 60.0 Å². The lowest BCUT2D eigenvalue weighted by Crippen LogP contribution is -2.37. The fraction of sp³-hybridized carbons (Fsp3) is 0.406. The Morgan fingerprint density at radius 3 is 2.51 bits per heavy atom. The number of hydrogen-bond acceptors (Lipinski definition) is 3. The van der Waals surface area contributed by atoms with E-state index >= 15 is 0 Å². The van der Waals surface area contributed by atoms with E-state index in [2.05, 4.69) is 64.2 Å². The first-order valence-electron chi connectivity index (χ1n) is 13.8. The molecule has 0 aliphatic heterocycles. The molecule has 5 rings (SSSR count). The average Bonchev–Trinajstić information content (AvgIpc) is 3.65. The number of carbonyl (C=O) groups excluding carboxylic acids is 1. The van der Waals surface area contributed by atoms with Crippen molar-refractivity contribution in [3.63, 3.8) is 0 Å². The summed E-state index contributed by atoms with van der Waals surface area (Å²) in [5.41, 5.74) is 6.15. The van der Waals surface area contributed by atoms with Gasteiger partial charge in [-0.2, -0.15) is 0 Å². The topological polar surface area (TPSA) is 45.5 Å². The maximum atomic E-state index is 12.2. The van der Waals surface area contributed by atoms with Crippen molar-refractivity contribution in [3.8, 4) is 27.4 Å². The summed E-state index contributed by atoms with van der Waals surface area (Å²) >= 11 is 1.79. The predicted molar refractivity (Wildman–Crippen MR) is 155 cm³/mol. The molecule has 0 spiro atoms. The Labute approximate surface area is 224 Å². The Morgan fingerprint density at radius 2 is 1.76 bits per heavy atom. The second kappa shape index (κ2) is 11.6. The zero-order valence-corrected chi connectivity index (χ0v) is 22.9. The summed E-state index contributed by atoms with van der Waals surface area (Å²) in [5, 5.41) is 13.5. The van der Waals surface area contributed by atoms with Crippen LogP contribution < -0.4 is 0 Å². The largest absolute Gasteiger partial charge is 0.508 e. The van der Waals surface area contributed by atoms with Gasteiger partial charge in [-0.15, -0.1) is 11.3 Å². The number of phenols is 1. The summed E-state index contributed by atoms with van der Waals surface area (Å²) in [6.07, 6.45) is 9.32. The molecule has 1 saturated carbocycles. The third-order valence-corrected chi connectivity index (χ3v) is 8.88. The van der Waals surface area contributed by atoms with E-state index in [-0.39, 0.29) is 5.91 Å². The Kier molecular flexibility index (Phi) is 7.99. The van der Waals surface area contributed by atoms with Crippen LogP contribution >= 0.6 is 11.3 Å². The molecule has 1 amide bonds. The highest BCUT2D eigenvalue weighted by atomic mass is 32.1. The molecule has 1 fully saturated rings. The van der Waals surface area contributed by atoms with Crippen molar-refractivity contribution < 1.29 is 9.90 Å². The summed E-state index contributed by atoms with van der Waals surface area (Å²) in [6.45, 7) is 5.75. The molecule has 2 aromatic heterocycles. The summed E-state index contributed by atoms with van der Waals surface area (Å²) in [6, 6.07) is 19.1. The Hall–Kier alpha value is -3.05. The van der Waals surface area contributed by atoms with Gasteiger partial charge in [0.1, 0.15) is 5.75 Å². The van der Waals surface area contributed by atoms with Crippen molar-refractivity contribution >= 4 is 28.1 Å². The summed E-state index contributed by atoms with van der Waals surface area (Å²) < 4.78 is 2.45. The molecule has 2 heterocycles. The highest BCUT2D eigenvalue weighted by Gasteiger charge is 2.24. The maximum Gasteiger partial charge on any atom is 0.219 e. The number of rotatable bonds is 10. The van der Waals surface area contributed by atoms with E-state index in [4.69, 9.17) is 0 Å². The number of thiophene rings is 1. The monoisotopic (exact) mass is 514 g/mol. The fourth-order valence-corrected chi connectivity index (χ4v) is 7.05. The van der Waals surface area contributed by atoms with Crippen molar-refractivity contribution in [3.05, 3.63) is 65.5 Å². The molecule has 1 N–H and O–H groups in total. The molecule has 2 aromatic carbocycles. The third kappa shape index (κ3) is 5.62. The lowest BCUT2D eigenvalue weighted by molar-refractivity contribution is -0.131. The number of unbranched alkanes of at least 4 members (excludes halogenated alkanes) is 3. The van der Waals surface area contributed by atoms with E-state index < -0.39 is 0 Å². The first kappa shape index (κ1) is 25.6. The van der Waals surface area contributed by atoms with Crippen LogP contribution in [0.1, 0.15) is 63.9 Å². The average molecular weight is 515 g/mol. The summed E-state index contributed by atoms with van der Waals surface area (Å²) in [5.74, 6) is 0.549. The van der Waals surface area contributed by atoms with Gasteiger partial charge in [0.2, 0.25) is 5.91 Å². The van der Waals surface area contributed by atoms with Crippen LogP contribution in [-0.4, -0.2) is 33.1 Å². The minimum absolute atomic E-state index is 0.236. The van der Waals surface area contributed by atoms with Gasteiger partial charge in [-0.05, 0) is 78.9 Å². The van der Waals surface area contributed by atoms with Crippen LogP contribution in [0.3, 0.4) is 0 Å². The second-order valence-electron chi connectivity index (χ2n) is 10.5. The summed E-state index contributed by atoms with van der Waals surface area (Å²) in [4.78, 5) is 15.5. The van der Waals surface area contributed by atoms with Gasteiger partial charge in [0.15, 0.2) is 0 Å². The molecule has 0 unspecified atom stereocenters. The van der Waals surface area contributed by atoms with E-state index in [0.717, 1.165) is 44.2 Å². The highest BCUT2D eigenvalue weighted by Crippen LogP contribution is 2.40. The van der Waals surface area contributed by atoms with E-state index in [1.807, 2.05) is 6.07 Å². The molecule has 4 nitrogen and oxygen atoms in total. The number of amides is 1. The maximum absolute atomic E-state index is 12.2. The van der Waals surface area contributed by atoms with Gasteiger partial charge in [0.25, 0.3) is 0 Å². The zero-order valence-electron chi connectivity index (χ0n) is 22.1. The van der Waals surface area contributed by atoms with Gasteiger partial charge in [-0.3, -0.25) is 4.79 Å². The first-order chi connectivity index (χ1) is 18.0. The van der Waals surface area contributed by atoms with Gasteiger partial charge in [0.05, 0.1) is 10.6 Å². The van der Waals surface area contributed by atoms with Crippen LogP contribution in [0.25, 0.3) is 32.6 Å². The Morgan fingerprint density at radius 1 is 1.00 bits per heavy atom. The van der Waals surface area contributed by atoms with Crippen LogP contribution in [0, 0.1) is 6.92 Å². The molecule has 37 heavy (non-hydrogen) atoms. The molecule has 0 saturated heterocycles. The van der Waals surface area contributed by atoms with Gasteiger partial charge < -0.3 is 14.6 Å². The van der Waals surface area contributed by atoms with E-state index in [1.165, 1.54) is 58.5 Å². The lowest BCUT2D eigenvalue weighted by atomic mass is 10.1. The number of aryl methyl sites for hydroxylation is 2. The van der Waals surface area contributed by atoms with Crippen molar-refractivity contribution in [2.75, 3.05) is 6.54 Å². The van der Waals surface area contributed by atoms with Gasteiger partial charge in [0, 0.05) is 37.0 Å². The van der Waals surface area contributed by atoms with Gasteiger partial charge >= 0.3 is 0 Å². The molecule has 0 radical (unpaired) electrons. The normalized spacial score (nSPS) is 14.0. The minimum Gasteiger partial charge on any atom is -0.508 e. The molecular weight excluding hydrogens is 476 g/mol. The van der Waals surface area contributed by atoms with Crippen molar-refractivity contribution in [1.82, 2.24) is 9.47 Å². The number of benzene rings is 2. The van der Waals surface area contributed by atoms with Gasteiger partial charge in [-0.25, -0.2) is 0 Å². The quantitative estimate of drug-likeness (QED) is 0.216. The number of carbonyl (C=O) groups is 1. The SMILES string of the molecule is CC(=O)N(CCCCCCn1c(-c2cc(-c3ccccc3)cs2)c(C)c2cc(O)ccc21)C1CCCC1. The van der Waals surface area contributed by atoms with Crippen LogP contribution in [-0.2, 0) is 11.3 Å². The number of nitrogens with zero attached hydrogens (tertiary/aromatic N) is 2. The number of phenolic OH excluding ortho intramolecular Hbond substituents is 1. The van der Waals surface area contributed by atoms with Gasteiger partial charge in [-0.1, -0.05) is 56.0 Å². The molecule has 0 bridgehead atoms. The molecule has 4 aromatic rings. The predicted octanol–water partition coefficient (Wildman–Crippen LogP) is 8.40. The van der Waals surface area contributed by atoms with E-state index in [1.54, 1.807) is 24.3 Å². The lowest BCUT2D eigenvalue weighted by Gasteiger charge is -2.27. The molecule has 5 heteroatoms. The second-order valence-corrected chi connectivity index (χ2v) is 11.4. The number of aromatic hydroxyl groups is 1. The highest BCUT2D eigenvalue weighted by molar-refractivity contribution is 7.14. The van der Waals surface area contributed by atoms with Crippen molar-refractivity contribution in [2.45, 2.75) is 77.8 Å². The van der Waals surface area contributed by atoms with E-state index in [0.29, 0.717) is 11.8 Å². The summed E-state index contributed by atoms with van der Waals surface area (Å²) in [7, 11) is 0. The van der Waals surface area contributed by atoms with Crippen LogP contribution in [0.2, 0.25) is 0 Å². The number of aromatic nitrogens is 1. The van der Waals surface area contributed by atoms with Crippen molar-refractivity contribution in [1.29, 1.82) is 0 Å². The molecule has 1 aliphatic rings. The van der Waals surface area contributed by atoms with Crippen LogP contribution in [0.5, 0.6) is 5.75 Å². The zero-order chi connectivity index (χ0) is 25.8. The van der Waals surface area contributed by atoms with Crippen LogP contribution in [0.4, 0.5) is 0 Å². The molecule has 194 valence electrons. The molecule has 0 atom stereocenters. The smallest absolute Gasteiger partial charge is 0.219 e. The number of hydrogen-bond donors (Lipinski definition) is 1. The third-order valence-electron chi connectivity index (χ3n) is 7.94. The van der Waals surface area contributed by atoms with E-state index in [9.17, 15) is 9.90 Å². The standard InChI is InChI=1S/C32H38N2O2S/c1-23-29-21-28(36)16-17-30(29)34(32(23)31-20-26(22-37-31)25-12-6-5-7-13-25)19-11-4-3-10-18-33(24(2)35)27-14-8-9-15-27/h5-7,12-13,16-17,20-22,27,36H,3-4,8-11,14-15,18-19H2,1-2H3. The minimum atomic E-state index is 0.236. The Balaban J connectivity index is 1.29. The van der Waals surface area contributed by atoms with Crippen molar-refractivity contribution in [2.24, 2.45) is 0 Å².